The lowest BCUT2D eigenvalue weighted by atomic mass is 10.1. The van der Waals surface area contributed by atoms with Crippen LogP contribution in [0.15, 0.2) is 4.99 Å². The second kappa shape index (κ2) is 5.84. The van der Waals surface area contributed by atoms with Gasteiger partial charge in [-0.1, -0.05) is 19.8 Å². The van der Waals surface area contributed by atoms with Gasteiger partial charge in [-0.3, -0.25) is 4.99 Å². The van der Waals surface area contributed by atoms with Crippen LogP contribution in [0, 0.1) is 5.92 Å². The third kappa shape index (κ3) is 4.15. The smallest absolute Gasteiger partial charge is 0.188 e. The summed E-state index contributed by atoms with van der Waals surface area (Å²) >= 11 is 0. The Labute approximate surface area is 80.8 Å². The van der Waals surface area contributed by atoms with Gasteiger partial charge in [-0.2, -0.15) is 0 Å². The van der Waals surface area contributed by atoms with Crippen molar-refractivity contribution in [2.75, 3.05) is 13.1 Å². The number of guanidine groups is 1. The van der Waals surface area contributed by atoms with Gasteiger partial charge in [-0.15, -0.1) is 0 Å². The Morgan fingerprint density at radius 3 is 2.77 bits per heavy atom. The van der Waals surface area contributed by atoms with Crippen LogP contribution in [0.1, 0.15) is 39.0 Å². The zero-order chi connectivity index (χ0) is 9.52. The van der Waals surface area contributed by atoms with Gasteiger partial charge in [0.05, 0.1) is 0 Å². The molecule has 1 rings (SSSR count). The van der Waals surface area contributed by atoms with Gasteiger partial charge < -0.3 is 11.1 Å². The maximum absolute atomic E-state index is 5.68. The van der Waals surface area contributed by atoms with Gasteiger partial charge in [0.25, 0.3) is 0 Å². The Bertz CT molecular complexity index is 160. The molecule has 0 saturated heterocycles. The van der Waals surface area contributed by atoms with Crippen LogP contribution in [0.2, 0.25) is 0 Å². The highest BCUT2D eigenvalue weighted by atomic mass is 15.1. The molecule has 0 bridgehead atoms. The SMILES string of the molecule is CCCNC(N)=NCC1CCCC1. The molecule has 1 fully saturated rings. The van der Waals surface area contributed by atoms with Crippen molar-refractivity contribution in [1.29, 1.82) is 0 Å². The first-order valence-corrected chi connectivity index (χ1v) is 5.36. The number of nitrogens with one attached hydrogen (secondary N) is 1. The minimum Gasteiger partial charge on any atom is -0.370 e. The van der Waals surface area contributed by atoms with Crippen LogP contribution in [0.25, 0.3) is 0 Å². The summed E-state index contributed by atoms with van der Waals surface area (Å²) in [5.74, 6) is 1.41. The number of hydrogen-bond acceptors (Lipinski definition) is 1. The second-order valence-electron chi connectivity index (χ2n) is 3.80. The molecule has 3 nitrogen and oxygen atoms in total. The van der Waals surface area contributed by atoms with E-state index in [0.29, 0.717) is 5.96 Å². The first-order chi connectivity index (χ1) is 6.33. The van der Waals surface area contributed by atoms with E-state index in [9.17, 15) is 0 Å². The Morgan fingerprint density at radius 2 is 2.15 bits per heavy atom. The molecule has 0 aromatic carbocycles. The lowest BCUT2D eigenvalue weighted by molar-refractivity contribution is 0.561. The van der Waals surface area contributed by atoms with Crippen molar-refractivity contribution in [1.82, 2.24) is 5.32 Å². The van der Waals surface area contributed by atoms with E-state index >= 15 is 0 Å². The molecule has 0 aromatic rings. The Balaban J connectivity index is 2.13. The Morgan fingerprint density at radius 1 is 1.46 bits per heavy atom. The zero-order valence-electron chi connectivity index (χ0n) is 8.55. The number of rotatable bonds is 4. The first kappa shape index (κ1) is 10.4. The third-order valence-corrected chi connectivity index (χ3v) is 2.55. The quantitative estimate of drug-likeness (QED) is 0.512. The van der Waals surface area contributed by atoms with Crippen LogP contribution < -0.4 is 11.1 Å². The van der Waals surface area contributed by atoms with Gasteiger partial charge in [-0.25, -0.2) is 0 Å². The predicted molar refractivity (Wildman–Crippen MR) is 56.7 cm³/mol. The van der Waals surface area contributed by atoms with E-state index in [4.69, 9.17) is 5.73 Å². The van der Waals surface area contributed by atoms with Crippen LogP contribution in [0.4, 0.5) is 0 Å². The minimum absolute atomic E-state index is 0.619. The molecule has 0 unspecified atom stereocenters. The molecule has 1 aliphatic rings. The fraction of sp³-hybridized carbons (Fsp3) is 0.900. The third-order valence-electron chi connectivity index (χ3n) is 2.55. The molecular weight excluding hydrogens is 162 g/mol. The highest BCUT2D eigenvalue weighted by Gasteiger charge is 2.13. The molecule has 0 radical (unpaired) electrons. The standard InChI is InChI=1S/C10H21N3/c1-2-7-12-10(11)13-8-9-5-3-4-6-9/h9H,2-8H2,1H3,(H3,11,12,13). The number of nitrogens with two attached hydrogens (primary N) is 1. The lowest BCUT2D eigenvalue weighted by Crippen LogP contribution is -2.32. The zero-order valence-corrected chi connectivity index (χ0v) is 8.55. The molecule has 13 heavy (non-hydrogen) atoms. The molecule has 0 atom stereocenters. The van der Waals surface area contributed by atoms with Gasteiger partial charge in [0.15, 0.2) is 5.96 Å². The highest BCUT2D eigenvalue weighted by molar-refractivity contribution is 5.77. The van der Waals surface area contributed by atoms with Crippen molar-refractivity contribution in [3.63, 3.8) is 0 Å². The van der Waals surface area contributed by atoms with Crippen LogP contribution in [0.5, 0.6) is 0 Å². The van der Waals surface area contributed by atoms with Crippen molar-refractivity contribution in [3.8, 4) is 0 Å². The van der Waals surface area contributed by atoms with Crippen molar-refractivity contribution in [2.45, 2.75) is 39.0 Å². The van der Waals surface area contributed by atoms with E-state index in [2.05, 4.69) is 17.2 Å². The number of nitrogens with zero attached hydrogens (tertiary/aromatic N) is 1. The van der Waals surface area contributed by atoms with Crippen molar-refractivity contribution in [3.05, 3.63) is 0 Å². The van der Waals surface area contributed by atoms with E-state index in [-0.39, 0.29) is 0 Å². The monoisotopic (exact) mass is 183 g/mol. The summed E-state index contributed by atoms with van der Waals surface area (Å²) in [5.41, 5.74) is 5.68. The van der Waals surface area contributed by atoms with Gasteiger partial charge in [0.1, 0.15) is 0 Å². The molecule has 1 saturated carbocycles. The number of aliphatic imine (C=N–C) groups is 1. The molecule has 3 N–H and O–H groups in total. The van der Waals surface area contributed by atoms with E-state index in [1.807, 2.05) is 0 Å². The molecule has 76 valence electrons. The average molecular weight is 183 g/mol. The molecule has 0 heterocycles. The largest absolute Gasteiger partial charge is 0.370 e. The summed E-state index contributed by atoms with van der Waals surface area (Å²) in [7, 11) is 0. The molecule has 1 aliphatic carbocycles. The second-order valence-corrected chi connectivity index (χ2v) is 3.80. The molecule has 0 aliphatic heterocycles. The van der Waals surface area contributed by atoms with Crippen LogP contribution in [-0.4, -0.2) is 19.0 Å². The summed E-state index contributed by atoms with van der Waals surface area (Å²) in [5, 5.41) is 3.08. The molecule has 0 aromatic heterocycles. The van der Waals surface area contributed by atoms with Crippen molar-refractivity contribution in [2.24, 2.45) is 16.6 Å². The Kier molecular flexibility index (Phi) is 4.65. The topological polar surface area (TPSA) is 50.4 Å². The van der Waals surface area contributed by atoms with E-state index in [0.717, 1.165) is 25.4 Å². The molecule has 0 spiro atoms. The fourth-order valence-electron chi connectivity index (χ4n) is 1.73. The fourth-order valence-corrected chi connectivity index (χ4v) is 1.73. The van der Waals surface area contributed by atoms with Crippen molar-refractivity contribution >= 4 is 5.96 Å². The summed E-state index contributed by atoms with van der Waals surface area (Å²) in [4.78, 5) is 4.33. The van der Waals surface area contributed by atoms with Gasteiger partial charge in [0, 0.05) is 13.1 Å². The summed E-state index contributed by atoms with van der Waals surface area (Å²) in [6.45, 7) is 3.97. The normalized spacial score (nSPS) is 19.3. The lowest BCUT2D eigenvalue weighted by Gasteiger charge is -2.06. The average Bonchev–Trinajstić information content (AvgIpc) is 2.64. The van der Waals surface area contributed by atoms with E-state index in [1.165, 1.54) is 25.7 Å². The molecular formula is C10H21N3. The number of hydrogen-bond donors (Lipinski definition) is 2. The van der Waals surface area contributed by atoms with Crippen LogP contribution in [0.3, 0.4) is 0 Å². The van der Waals surface area contributed by atoms with Crippen LogP contribution in [-0.2, 0) is 0 Å². The first-order valence-electron chi connectivity index (χ1n) is 5.36. The summed E-state index contributed by atoms with van der Waals surface area (Å²) in [6.07, 6.45) is 6.53. The van der Waals surface area contributed by atoms with Gasteiger partial charge in [-0.05, 0) is 25.2 Å². The Hall–Kier alpha value is -0.730. The van der Waals surface area contributed by atoms with Crippen molar-refractivity contribution < 1.29 is 0 Å². The van der Waals surface area contributed by atoms with Gasteiger partial charge in [0.2, 0.25) is 0 Å². The predicted octanol–water partition coefficient (Wildman–Crippen LogP) is 1.49. The highest BCUT2D eigenvalue weighted by Crippen LogP contribution is 2.24. The summed E-state index contributed by atoms with van der Waals surface area (Å²) < 4.78 is 0. The minimum atomic E-state index is 0.619. The van der Waals surface area contributed by atoms with Crippen LogP contribution >= 0.6 is 0 Å². The maximum Gasteiger partial charge on any atom is 0.188 e. The molecule has 3 heteroatoms. The van der Waals surface area contributed by atoms with E-state index in [1.54, 1.807) is 0 Å². The van der Waals surface area contributed by atoms with E-state index < -0.39 is 0 Å². The maximum atomic E-state index is 5.68. The molecule has 0 amide bonds. The van der Waals surface area contributed by atoms with Gasteiger partial charge >= 0.3 is 0 Å². The summed E-state index contributed by atoms with van der Waals surface area (Å²) in [6, 6.07) is 0.